The Hall–Kier alpha value is -1.84. The molecular weight excluding hydrogens is 324 g/mol. The third kappa shape index (κ3) is 6.05. The molecule has 0 heterocycles. The molecule has 0 saturated heterocycles. The van der Waals surface area contributed by atoms with E-state index in [0.29, 0.717) is 25.3 Å². The van der Waals surface area contributed by atoms with Crippen LogP contribution in [0.1, 0.15) is 6.42 Å². The summed E-state index contributed by atoms with van der Waals surface area (Å²) in [7, 11) is 0.455. The molecule has 0 unspecified atom stereocenters. The molecule has 9 heteroatoms. The molecule has 0 saturated carbocycles. The van der Waals surface area contributed by atoms with E-state index in [1.165, 1.54) is 26.4 Å². The molecule has 0 aromatic heterocycles. The zero-order valence-electron chi connectivity index (χ0n) is 13.4. The zero-order valence-corrected chi connectivity index (χ0v) is 14.2. The number of nitrogens with one attached hydrogen (secondary N) is 2. The van der Waals surface area contributed by atoms with Gasteiger partial charge in [0.1, 0.15) is 16.4 Å². The molecule has 0 fully saturated rings. The lowest BCUT2D eigenvalue weighted by Crippen LogP contribution is -2.37. The molecule has 0 aliphatic carbocycles. The van der Waals surface area contributed by atoms with Gasteiger partial charge in [0.25, 0.3) is 0 Å². The maximum absolute atomic E-state index is 12.3. The van der Waals surface area contributed by atoms with Crippen LogP contribution in [-0.2, 0) is 19.6 Å². The second-order valence-electron chi connectivity index (χ2n) is 4.54. The average molecular weight is 346 g/mol. The Morgan fingerprint density at radius 2 is 1.91 bits per heavy atom. The minimum atomic E-state index is -3.91. The first-order chi connectivity index (χ1) is 10.9. The van der Waals surface area contributed by atoms with Crippen molar-refractivity contribution < 1.29 is 27.4 Å². The van der Waals surface area contributed by atoms with E-state index in [4.69, 9.17) is 14.2 Å². The standard InChI is InChI=1S/C14H22N2O6S/c1-20-8-4-7-15-14(17)10-16-23(18,19)13-9-11(21-2)5-6-12(13)22-3/h5-6,9,16H,4,7-8,10H2,1-3H3,(H,15,17). The molecule has 1 rings (SSSR count). The summed E-state index contributed by atoms with van der Waals surface area (Å²) in [5.41, 5.74) is 0. The van der Waals surface area contributed by atoms with Gasteiger partial charge in [-0.1, -0.05) is 0 Å². The number of carbonyl (C=O) groups excluding carboxylic acids is 1. The van der Waals surface area contributed by atoms with Crippen molar-refractivity contribution in [3.8, 4) is 11.5 Å². The summed E-state index contributed by atoms with van der Waals surface area (Å²) in [5.74, 6) is 0.112. The van der Waals surface area contributed by atoms with E-state index < -0.39 is 15.9 Å². The van der Waals surface area contributed by atoms with Crippen LogP contribution in [0.2, 0.25) is 0 Å². The molecule has 0 aliphatic heterocycles. The number of carbonyl (C=O) groups is 1. The topological polar surface area (TPSA) is 103 Å². The van der Waals surface area contributed by atoms with Crippen molar-refractivity contribution in [3.05, 3.63) is 18.2 Å². The molecular formula is C14H22N2O6S. The van der Waals surface area contributed by atoms with Crippen LogP contribution in [-0.4, -0.2) is 55.4 Å². The number of ether oxygens (including phenoxy) is 3. The third-order valence-corrected chi connectivity index (χ3v) is 4.35. The highest BCUT2D eigenvalue weighted by molar-refractivity contribution is 7.89. The van der Waals surface area contributed by atoms with Crippen LogP contribution in [0, 0.1) is 0 Å². The number of amides is 1. The van der Waals surface area contributed by atoms with Crippen molar-refractivity contribution >= 4 is 15.9 Å². The van der Waals surface area contributed by atoms with Gasteiger partial charge in [0.15, 0.2) is 0 Å². The number of benzene rings is 1. The fourth-order valence-electron chi connectivity index (χ4n) is 1.74. The summed E-state index contributed by atoms with van der Waals surface area (Å²) in [5, 5.41) is 2.59. The molecule has 0 aliphatic rings. The average Bonchev–Trinajstić information content (AvgIpc) is 2.56. The molecule has 1 aromatic carbocycles. The van der Waals surface area contributed by atoms with Gasteiger partial charge >= 0.3 is 0 Å². The minimum absolute atomic E-state index is 0.0912. The van der Waals surface area contributed by atoms with E-state index in [1.54, 1.807) is 13.2 Å². The normalized spacial score (nSPS) is 11.1. The Morgan fingerprint density at radius 1 is 1.17 bits per heavy atom. The van der Waals surface area contributed by atoms with E-state index in [9.17, 15) is 13.2 Å². The first kappa shape index (κ1) is 19.2. The van der Waals surface area contributed by atoms with Crippen molar-refractivity contribution in [3.63, 3.8) is 0 Å². The molecule has 1 aromatic rings. The SMILES string of the molecule is COCCCNC(=O)CNS(=O)(=O)c1cc(OC)ccc1OC. The van der Waals surface area contributed by atoms with Crippen LogP contribution < -0.4 is 19.5 Å². The summed E-state index contributed by atoms with van der Waals surface area (Å²) in [4.78, 5) is 11.5. The maximum atomic E-state index is 12.3. The molecule has 0 spiro atoms. The van der Waals surface area contributed by atoms with Crippen LogP contribution in [0.25, 0.3) is 0 Å². The van der Waals surface area contributed by atoms with Crippen molar-refractivity contribution in [2.45, 2.75) is 11.3 Å². The fraction of sp³-hybridized carbons (Fsp3) is 0.500. The third-order valence-electron chi connectivity index (χ3n) is 2.93. The lowest BCUT2D eigenvalue weighted by atomic mass is 10.3. The Bertz CT molecular complexity index is 618. The quantitative estimate of drug-likeness (QED) is 0.584. The summed E-state index contributed by atoms with van der Waals surface area (Å²) < 4.78 is 41.8. The van der Waals surface area contributed by atoms with Gasteiger partial charge in [-0.3, -0.25) is 4.79 Å². The molecule has 130 valence electrons. The summed E-state index contributed by atoms with van der Waals surface area (Å²) in [6.07, 6.45) is 0.651. The number of rotatable bonds is 10. The number of hydrogen-bond acceptors (Lipinski definition) is 6. The molecule has 2 N–H and O–H groups in total. The highest BCUT2D eigenvalue weighted by Gasteiger charge is 2.21. The zero-order chi connectivity index (χ0) is 17.3. The Kier molecular flexibility index (Phi) is 7.79. The van der Waals surface area contributed by atoms with Crippen molar-refractivity contribution in [1.82, 2.24) is 10.0 Å². The number of hydrogen-bond donors (Lipinski definition) is 2. The Balaban J connectivity index is 2.70. The van der Waals surface area contributed by atoms with Gasteiger partial charge in [0.2, 0.25) is 15.9 Å². The Morgan fingerprint density at radius 3 is 2.52 bits per heavy atom. The lowest BCUT2D eigenvalue weighted by molar-refractivity contribution is -0.120. The predicted molar refractivity (Wildman–Crippen MR) is 84.2 cm³/mol. The van der Waals surface area contributed by atoms with Gasteiger partial charge in [0, 0.05) is 26.3 Å². The van der Waals surface area contributed by atoms with Crippen LogP contribution in [0.3, 0.4) is 0 Å². The monoisotopic (exact) mass is 346 g/mol. The summed E-state index contributed by atoms with van der Waals surface area (Å²) >= 11 is 0. The van der Waals surface area contributed by atoms with E-state index >= 15 is 0 Å². The molecule has 23 heavy (non-hydrogen) atoms. The number of sulfonamides is 1. The largest absolute Gasteiger partial charge is 0.497 e. The first-order valence-electron chi connectivity index (χ1n) is 6.92. The summed E-state index contributed by atoms with van der Waals surface area (Å²) in [6, 6.07) is 4.40. The van der Waals surface area contributed by atoms with E-state index in [2.05, 4.69) is 10.0 Å². The van der Waals surface area contributed by atoms with Crippen LogP contribution >= 0.6 is 0 Å². The van der Waals surface area contributed by atoms with Crippen LogP contribution in [0.4, 0.5) is 0 Å². The summed E-state index contributed by atoms with van der Waals surface area (Å²) in [6.45, 7) is 0.569. The van der Waals surface area contributed by atoms with Gasteiger partial charge in [-0.15, -0.1) is 0 Å². The second-order valence-corrected chi connectivity index (χ2v) is 6.27. The molecule has 0 atom stereocenters. The van der Waals surface area contributed by atoms with Crippen molar-refractivity contribution in [2.24, 2.45) is 0 Å². The first-order valence-corrected chi connectivity index (χ1v) is 8.40. The van der Waals surface area contributed by atoms with E-state index in [0.717, 1.165) is 0 Å². The van der Waals surface area contributed by atoms with Gasteiger partial charge in [-0.25, -0.2) is 13.1 Å². The highest BCUT2D eigenvalue weighted by atomic mass is 32.2. The number of methoxy groups -OCH3 is 3. The smallest absolute Gasteiger partial charge is 0.244 e. The van der Waals surface area contributed by atoms with Crippen LogP contribution in [0.15, 0.2) is 23.1 Å². The van der Waals surface area contributed by atoms with E-state index in [1.807, 2.05) is 0 Å². The predicted octanol–water partition coefficient (Wildman–Crippen LogP) is 0.135. The Labute approximate surface area is 136 Å². The molecule has 0 bridgehead atoms. The van der Waals surface area contributed by atoms with Gasteiger partial charge < -0.3 is 19.5 Å². The fourth-order valence-corrected chi connectivity index (χ4v) is 2.90. The molecule has 1 amide bonds. The van der Waals surface area contributed by atoms with Gasteiger partial charge in [-0.2, -0.15) is 0 Å². The van der Waals surface area contributed by atoms with Crippen LogP contribution in [0.5, 0.6) is 11.5 Å². The van der Waals surface area contributed by atoms with Crippen molar-refractivity contribution in [2.75, 3.05) is 41.0 Å². The van der Waals surface area contributed by atoms with E-state index in [-0.39, 0.29) is 17.2 Å². The molecule has 0 radical (unpaired) electrons. The minimum Gasteiger partial charge on any atom is -0.497 e. The lowest BCUT2D eigenvalue weighted by Gasteiger charge is -2.12. The van der Waals surface area contributed by atoms with Gasteiger partial charge in [-0.05, 0) is 18.6 Å². The van der Waals surface area contributed by atoms with Gasteiger partial charge in [0.05, 0.1) is 20.8 Å². The van der Waals surface area contributed by atoms with Crippen molar-refractivity contribution in [1.29, 1.82) is 0 Å². The highest BCUT2D eigenvalue weighted by Crippen LogP contribution is 2.27. The maximum Gasteiger partial charge on any atom is 0.244 e. The molecule has 8 nitrogen and oxygen atoms in total. The second kappa shape index (κ2) is 9.33.